The summed E-state index contributed by atoms with van der Waals surface area (Å²) >= 11 is 1.54. The molecular weight excluding hydrogens is 276 g/mol. The molecule has 1 aromatic heterocycles. The maximum absolute atomic E-state index is 11.8. The van der Waals surface area contributed by atoms with Gasteiger partial charge in [0.05, 0.1) is 6.54 Å². The summed E-state index contributed by atoms with van der Waals surface area (Å²) in [5.41, 5.74) is 0. The molecule has 1 N–H and O–H groups in total. The van der Waals surface area contributed by atoms with Gasteiger partial charge in [-0.1, -0.05) is 24.6 Å². The topological polar surface area (TPSA) is 75.9 Å². The van der Waals surface area contributed by atoms with Gasteiger partial charge in [-0.2, -0.15) is 0 Å². The molecule has 0 saturated carbocycles. The van der Waals surface area contributed by atoms with Crippen molar-refractivity contribution in [1.29, 1.82) is 0 Å². The minimum absolute atomic E-state index is 0.114. The van der Waals surface area contributed by atoms with E-state index in [0.717, 1.165) is 24.0 Å². The Hall–Kier alpha value is -1.15. The molecule has 112 valence electrons. The fourth-order valence-electron chi connectivity index (χ4n) is 2.23. The molecule has 20 heavy (non-hydrogen) atoms. The minimum Gasteiger partial charge on any atom is -0.354 e. The summed E-state index contributed by atoms with van der Waals surface area (Å²) < 4.78 is 1.63. The molecule has 0 atom stereocenters. The third-order valence-electron chi connectivity index (χ3n) is 3.30. The van der Waals surface area contributed by atoms with E-state index < -0.39 is 0 Å². The average Bonchev–Trinajstić information content (AvgIpc) is 2.68. The molecule has 0 unspecified atom stereocenters. The number of likely N-dealkylation sites (tertiary alicyclic amines) is 1. The zero-order valence-electron chi connectivity index (χ0n) is 11.9. The van der Waals surface area contributed by atoms with Gasteiger partial charge in [-0.15, -0.1) is 5.10 Å². The summed E-state index contributed by atoms with van der Waals surface area (Å²) in [6.45, 7) is 3.26. The fraction of sp³-hybridized carbons (Fsp3) is 0.833. The number of rotatable bonds is 6. The van der Waals surface area contributed by atoms with E-state index in [4.69, 9.17) is 0 Å². The summed E-state index contributed by atoms with van der Waals surface area (Å²) in [4.78, 5) is 14.1. The maximum Gasteiger partial charge on any atom is 0.234 e. The Morgan fingerprint density at radius 3 is 2.70 bits per heavy atom. The van der Waals surface area contributed by atoms with E-state index in [1.54, 1.807) is 23.5 Å². The number of thioether (sulfide) groups is 1. The van der Waals surface area contributed by atoms with Crippen LogP contribution in [0.5, 0.6) is 0 Å². The van der Waals surface area contributed by atoms with Gasteiger partial charge in [-0.3, -0.25) is 9.69 Å². The smallest absolute Gasteiger partial charge is 0.234 e. The number of hydrogen-bond donors (Lipinski definition) is 1. The van der Waals surface area contributed by atoms with Crippen LogP contribution in [0.3, 0.4) is 0 Å². The first-order valence-electron chi connectivity index (χ1n) is 7.10. The Labute approximate surface area is 123 Å². The lowest BCUT2D eigenvalue weighted by Gasteiger charge is -2.18. The van der Waals surface area contributed by atoms with Gasteiger partial charge in [-0.25, -0.2) is 4.68 Å². The summed E-state index contributed by atoms with van der Waals surface area (Å²) in [5.74, 6) is 0.892. The molecule has 1 aromatic rings. The van der Waals surface area contributed by atoms with Crippen molar-refractivity contribution < 1.29 is 4.79 Å². The van der Waals surface area contributed by atoms with E-state index in [9.17, 15) is 4.79 Å². The molecular formula is C12H22N6OS. The quantitative estimate of drug-likeness (QED) is 0.601. The number of aryl methyl sites for hydroxylation is 1. The van der Waals surface area contributed by atoms with Crippen molar-refractivity contribution >= 4 is 17.7 Å². The van der Waals surface area contributed by atoms with Crippen molar-refractivity contribution in [2.75, 3.05) is 31.9 Å². The normalized spacial score (nSPS) is 16.9. The second kappa shape index (κ2) is 8.21. The predicted octanol–water partition coefficient (Wildman–Crippen LogP) is 0.294. The summed E-state index contributed by atoms with van der Waals surface area (Å²) in [7, 11) is 1.81. The van der Waals surface area contributed by atoms with Crippen molar-refractivity contribution in [2.24, 2.45) is 7.05 Å². The molecule has 0 aliphatic carbocycles. The highest BCUT2D eigenvalue weighted by molar-refractivity contribution is 7.99. The lowest BCUT2D eigenvalue weighted by atomic mass is 10.2. The van der Waals surface area contributed by atoms with Gasteiger partial charge >= 0.3 is 0 Å². The predicted molar refractivity (Wildman–Crippen MR) is 77.4 cm³/mol. The first-order chi connectivity index (χ1) is 9.75. The number of amides is 1. The number of carbonyl (C=O) groups is 1. The minimum atomic E-state index is 0.114. The van der Waals surface area contributed by atoms with Crippen molar-refractivity contribution in [3.8, 4) is 0 Å². The molecule has 0 aromatic carbocycles. The van der Waals surface area contributed by atoms with Crippen molar-refractivity contribution in [3.63, 3.8) is 0 Å². The van der Waals surface area contributed by atoms with Crippen LogP contribution in [0, 0.1) is 0 Å². The molecule has 1 aliphatic rings. The van der Waals surface area contributed by atoms with Crippen molar-refractivity contribution in [3.05, 3.63) is 0 Å². The Kier molecular flexibility index (Phi) is 6.25. The van der Waals surface area contributed by atoms with Gasteiger partial charge in [0, 0.05) is 19.3 Å². The van der Waals surface area contributed by atoms with Crippen LogP contribution < -0.4 is 5.32 Å². The van der Waals surface area contributed by atoms with E-state index in [0.29, 0.717) is 13.1 Å². The van der Waals surface area contributed by atoms with E-state index >= 15 is 0 Å². The van der Waals surface area contributed by atoms with E-state index in [2.05, 4.69) is 25.7 Å². The molecule has 0 bridgehead atoms. The molecule has 1 amide bonds. The highest BCUT2D eigenvalue weighted by Gasteiger charge is 2.12. The summed E-state index contributed by atoms with van der Waals surface area (Å²) in [5, 5.41) is 14.9. The monoisotopic (exact) mass is 298 g/mol. The number of hydrogen-bond acceptors (Lipinski definition) is 6. The summed E-state index contributed by atoms with van der Waals surface area (Å²) in [6, 6.07) is 0. The Morgan fingerprint density at radius 2 is 2.05 bits per heavy atom. The lowest BCUT2D eigenvalue weighted by molar-refractivity contribution is -0.122. The molecule has 1 fully saturated rings. The van der Waals surface area contributed by atoms with Crippen LogP contribution in [0.4, 0.5) is 0 Å². The van der Waals surface area contributed by atoms with Crippen LogP contribution in [-0.4, -0.2) is 62.9 Å². The largest absolute Gasteiger partial charge is 0.354 e. The third-order valence-corrected chi connectivity index (χ3v) is 4.31. The number of tetrazole rings is 1. The average molecular weight is 298 g/mol. The zero-order valence-corrected chi connectivity index (χ0v) is 12.7. The van der Waals surface area contributed by atoms with Crippen LogP contribution >= 0.6 is 11.8 Å². The van der Waals surface area contributed by atoms with Crippen LogP contribution in [0.25, 0.3) is 0 Å². The zero-order chi connectivity index (χ0) is 14.2. The standard InChI is InChI=1S/C12H22N6OS/c1-17-12(14-15-16-17)20-9-6-13-11(19)10-18-7-4-2-3-5-8-18/h2-10H2,1H3,(H,13,19). The van der Waals surface area contributed by atoms with E-state index in [-0.39, 0.29) is 5.91 Å². The second-order valence-corrected chi connectivity index (χ2v) is 6.04. The second-order valence-electron chi connectivity index (χ2n) is 4.97. The summed E-state index contributed by atoms with van der Waals surface area (Å²) in [6.07, 6.45) is 5.01. The van der Waals surface area contributed by atoms with Crippen molar-refractivity contribution in [2.45, 2.75) is 30.8 Å². The van der Waals surface area contributed by atoms with E-state index in [1.807, 2.05) is 0 Å². The SMILES string of the molecule is Cn1nnnc1SCCNC(=O)CN1CCCCCC1. The van der Waals surface area contributed by atoms with Crippen LogP contribution in [0.2, 0.25) is 0 Å². The van der Waals surface area contributed by atoms with Crippen LogP contribution in [0.1, 0.15) is 25.7 Å². The Morgan fingerprint density at radius 1 is 1.30 bits per heavy atom. The molecule has 8 heteroatoms. The first-order valence-corrected chi connectivity index (χ1v) is 8.08. The molecule has 0 spiro atoms. The maximum atomic E-state index is 11.8. The van der Waals surface area contributed by atoms with Gasteiger partial charge in [0.25, 0.3) is 0 Å². The molecule has 2 heterocycles. The lowest BCUT2D eigenvalue weighted by Crippen LogP contribution is -2.38. The van der Waals surface area contributed by atoms with Gasteiger partial charge in [-0.05, 0) is 36.4 Å². The molecule has 2 rings (SSSR count). The molecule has 1 saturated heterocycles. The van der Waals surface area contributed by atoms with Gasteiger partial charge in [0.1, 0.15) is 0 Å². The fourth-order valence-corrected chi connectivity index (χ4v) is 2.93. The molecule has 1 aliphatic heterocycles. The van der Waals surface area contributed by atoms with Crippen LogP contribution in [-0.2, 0) is 11.8 Å². The number of nitrogens with one attached hydrogen (secondary N) is 1. The molecule has 7 nitrogen and oxygen atoms in total. The van der Waals surface area contributed by atoms with E-state index in [1.165, 1.54) is 25.7 Å². The highest BCUT2D eigenvalue weighted by atomic mass is 32.2. The van der Waals surface area contributed by atoms with Crippen molar-refractivity contribution in [1.82, 2.24) is 30.4 Å². The van der Waals surface area contributed by atoms with Crippen LogP contribution in [0.15, 0.2) is 5.16 Å². The molecule has 0 radical (unpaired) electrons. The van der Waals surface area contributed by atoms with Gasteiger partial charge < -0.3 is 5.32 Å². The third kappa shape index (κ3) is 5.09. The number of aromatic nitrogens is 4. The van der Waals surface area contributed by atoms with Gasteiger partial charge in [0.15, 0.2) is 0 Å². The first kappa shape index (κ1) is 15.2. The number of nitrogens with zero attached hydrogens (tertiary/aromatic N) is 5. The van der Waals surface area contributed by atoms with Gasteiger partial charge in [0.2, 0.25) is 11.1 Å². The Balaban J connectivity index is 1.59. The highest BCUT2D eigenvalue weighted by Crippen LogP contribution is 2.11. The Bertz CT molecular complexity index is 416. The number of carbonyl (C=O) groups excluding carboxylic acids is 1.